The summed E-state index contributed by atoms with van der Waals surface area (Å²) < 4.78 is 13.9. The minimum Gasteiger partial charge on any atom is -0.493 e. The van der Waals surface area contributed by atoms with Crippen LogP contribution in [0.3, 0.4) is 0 Å². The maximum atomic E-state index is 5.86. The van der Waals surface area contributed by atoms with Gasteiger partial charge in [0.25, 0.3) is 0 Å². The van der Waals surface area contributed by atoms with E-state index in [4.69, 9.17) is 9.47 Å². The minimum atomic E-state index is -0.488. The van der Waals surface area contributed by atoms with Crippen LogP contribution in [0.4, 0.5) is 0 Å². The Morgan fingerprint density at radius 3 is 1.27 bits per heavy atom. The van der Waals surface area contributed by atoms with Gasteiger partial charge in [-0.25, -0.2) is 0 Å². The van der Waals surface area contributed by atoms with E-state index in [2.05, 4.69) is 142 Å². The minimum absolute atomic E-state index is 0.488. The first-order valence-electron chi connectivity index (χ1n) is 11.1. The van der Waals surface area contributed by atoms with E-state index in [0.717, 1.165) is 18.6 Å². The molecule has 0 amide bonds. The van der Waals surface area contributed by atoms with Gasteiger partial charge in [-0.15, -0.1) is 0 Å². The zero-order chi connectivity index (χ0) is 23.3. The maximum Gasteiger partial charge on any atom is 0.132 e. The quantitative estimate of drug-likeness (QED) is 0.141. The fourth-order valence-corrected chi connectivity index (χ4v) is 5.73. The van der Waals surface area contributed by atoms with Crippen molar-refractivity contribution in [3.05, 3.63) is 126 Å². The third-order valence-electron chi connectivity index (χ3n) is 5.74. The number of benzene rings is 4. The summed E-state index contributed by atoms with van der Waals surface area (Å²) in [7, 11) is 0. The fraction of sp³-hybridized carbons (Fsp3) is 0.172. The molecule has 0 saturated carbocycles. The molecule has 0 aromatic heterocycles. The Balaban J connectivity index is 2.07. The van der Waals surface area contributed by atoms with Crippen LogP contribution in [-0.4, -0.2) is 13.2 Å². The van der Waals surface area contributed by atoms with Crippen molar-refractivity contribution < 1.29 is 9.47 Å². The molecule has 168 valence electrons. The van der Waals surface area contributed by atoms with Gasteiger partial charge in [-0.2, -0.15) is 0 Å². The molecular weight excluding hydrogens is 634 g/mol. The van der Waals surface area contributed by atoms with E-state index in [1.807, 2.05) is 13.8 Å². The summed E-state index contributed by atoms with van der Waals surface area (Å²) in [4.78, 5) is 0. The SMILES string of the molecule is CCOc1ccc(C(c2ccccc2)(c2ccccc2)c2ccc(OCC)c(I)c2)cc1I. The van der Waals surface area contributed by atoms with Gasteiger partial charge in [0.1, 0.15) is 11.5 Å². The van der Waals surface area contributed by atoms with Crippen molar-refractivity contribution in [3.63, 3.8) is 0 Å². The second-order valence-corrected chi connectivity index (χ2v) is 9.96. The van der Waals surface area contributed by atoms with Crippen molar-refractivity contribution in [2.45, 2.75) is 19.3 Å². The highest BCUT2D eigenvalue weighted by molar-refractivity contribution is 14.1. The zero-order valence-electron chi connectivity index (χ0n) is 18.7. The number of hydrogen-bond acceptors (Lipinski definition) is 2. The topological polar surface area (TPSA) is 18.5 Å². The predicted molar refractivity (Wildman–Crippen MR) is 153 cm³/mol. The molecule has 0 spiro atoms. The highest BCUT2D eigenvalue weighted by atomic mass is 127. The lowest BCUT2D eigenvalue weighted by molar-refractivity contribution is 0.337. The van der Waals surface area contributed by atoms with Crippen LogP contribution in [0.25, 0.3) is 0 Å². The Labute approximate surface area is 223 Å². The van der Waals surface area contributed by atoms with Gasteiger partial charge in [0.05, 0.1) is 25.8 Å². The number of halogens is 2. The summed E-state index contributed by atoms with van der Waals surface area (Å²) >= 11 is 4.77. The van der Waals surface area contributed by atoms with Crippen molar-refractivity contribution in [1.82, 2.24) is 0 Å². The highest BCUT2D eigenvalue weighted by Gasteiger charge is 2.39. The third kappa shape index (κ3) is 4.78. The number of hydrogen-bond donors (Lipinski definition) is 0. The van der Waals surface area contributed by atoms with Crippen LogP contribution >= 0.6 is 45.2 Å². The molecule has 0 aliphatic heterocycles. The second-order valence-electron chi connectivity index (χ2n) is 7.64. The lowest BCUT2D eigenvalue weighted by atomic mass is 9.65. The summed E-state index contributed by atoms with van der Waals surface area (Å²) in [6.07, 6.45) is 0. The van der Waals surface area contributed by atoms with Gasteiger partial charge in [-0.1, -0.05) is 72.8 Å². The zero-order valence-corrected chi connectivity index (χ0v) is 23.0. The molecule has 0 aliphatic rings. The van der Waals surface area contributed by atoms with Crippen molar-refractivity contribution >= 4 is 45.2 Å². The molecule has 33 heavy (non-hydrogen) atoms. The maximum absolute atomic E-state index is 5.86. The molecule has 4 rings (SSSR count). The monoisotopic (exact) mass is 660 g/mol. The summed E-state index contributed by atoms with van der Waals surface area (Å²) in [6.45, 7) is 5.33. The highest BCUT2D eigenvalue weighted by Crippen LogP contribution is 2.47. The van der Waals surface area contributed by atoms with Gasteiger partial charge in [0, 0.05) is 0 Å². The van der Waals surface area contributed by atoms with Crippen molar-refractivity contribution in [2.75, 3.05) is 13.2 Å². The van der Waals surface area contributed by atoms with Crippen LogP contribution in [0, 0.1) is 7.14 Å². The van der Waals surface area contributed by atoms with E-state index in [1.165, 1.54) is 22.3 Å². The van der Waals surface area contributed by atoms with E-state index in [1.54, 1.807) is 0 Å². The van der Waals surface area contributed by atoms with E-state index < -0.39 is 5.41 Å². The molecule has 0 N–H and O–H groups in total. The van der Waals surface area contributed by atoms with Gasteiger partial charge < -0.3 is 9.47 Å². The van der Waals surface area contributed by atoms with Crippen LogP contribution in [0.1, 0.15) is 36.1 Å². The van der Waals surface area contributed by atoms with Crippen LogP contribution in [0.2, 0.25) is 0 Å². The Hall–Kier alpha value is -2.06. The first-order valence-corrected chi connectivity index (χ1v) is 13.2. The number of ether oxygens (including phenoxy) is 2. The normalized spacial score (nSPS) is 11.3. The second kappa shape index (κ2) is 10.9. The van der Waals surface area contributed by atoms with Crippen molar-refractivity contribution in [1.29, 1.82) is 0 Å². The molecule has 4 heteroatoms. The third-order valence-corrected chi connectivity index (χ3v) is 7.43. The van der Waals surface area contributed by atoms with Crippen molar-refractivity contribution in [3.8, 4) is 11.5 Å². The standard InChI is InChI=1S/C29H26I2O2/c1-3-32-27-17-15-23(19-25(27)30)29(21-11-7-5-8-12-21,22-13-9-6-10-14-22)24-16-18-28(33-4-2)26(31)20-24/h5-20H,3-4H2,1-2H3. The first kappa shape index (κ1) is 24.1. The van der Waals surface area contributed by atoms with Crippen LogP contribution < -0.4 is 9.47 Å². The van der Waals surface area contributed by atoms with E-state index >= 15 is 0 Å². The molecule has 0 fully saturated rings. The van der Waals surface area contributed by atoms with Gasteiger partial charge in [0.15, 0.2) is 0 Å². The Morgan fingerprint density at radius 1 is 0.545 bits per heavy atom. The van der Waals surface area contributed by atoms with E-state index in [9.17, 15) is 0 Å². The Kier molecular flexibility index (Phi) is 7.96. The van der Waals surface area contributed by atoms with E-state index in [-0.39, 0.29) is 0 Å². The molecule has 0 bridgehead atoms. The Bertz CT molecular complexity index is 1110. The lowest BCUT2D eigenvalue weighted by Crippen LogP contribution is -2.31. The van der Waals surface area contributed by atoms with Crippen LogP contribution in [0.5, 0.6) is 11.5 Å². The van der Waals surface area contributed by atoms with Gasteiger partial charge in [-0.3, -0.25) is 0 Å². The molecule has 0 unspecified atom stereocenters. The summed E-state index contributed by atoms with van der Waals surface area (Å²) in [5.41, 5.74) is 4.35. The molecular formula is C29H26I2O2. The van der Waals surface area contributed by atoms with Crippen molar-refractivity contribution in [2.24, 2.45) is 0 Å². The summed E-state index contributed by atoms with van der Waals surface area (Å²) in [5, 5.41) is 0. The molecule has 0 saturated heterocycles. The molecule has 4 aromatic rings. The van der Waals surface area contributed by atoms with Gasteiger partial charge in [-0.05, 0) is 106 Å². The largest absolute Gasteiger partial charge is 0.493 e. The van der Waals surface area contributed by atoms with Crippen LogP contribution in [0.15, 0.2) is 97.1 Å². The smallest absolute Gasteiger partial charge is 0.132 e. The van der Waals surface area contributed by atoms with Gasteiger partial charge in [0.2, 0.25) is 0 Å². The predicted octanol–water partition coefficient (Wildman–Crippen LogP) is 8.08. The molecule has 0 aliphatic carbocycles. The first-order chi connectivity index (χ1) is 16.1. The molecule has 2 nitrogen and oxygen atoms in total. The average Bonchev–Trinajstić information content (AvgIpc) is 2.84. The average molecular weight is 660 g/mol. The fourth-order valence-electron chi connectivity index (χ4n) is 4.39. The lowest BCUT2D eigenvalue weighted by Gasteiger charge is -2.37. The molecule has 0 heterocycles. The molecule has 0 atom stereocenters. The van der Waals surface area contributed by atoms with Gasteiger partial charge >= 0.3 is 0 Å². The molecule has 0 radical (unpaired) electrons. The Morgan fingerprint density at radius 2 is 0.939 bits per heavy atom. The summed E-state index contributed by atoms with van der Waals surface area (Å²) in [6, 6.07) is 34.6. The van der Waals surface area contributed by atoms with Crippen LogP contribution in [-0.2, 0) is 5.41 Å². The number of rotatable bonds is 8. The summed E-state index contributed by atoms with van der Waals surface area (Å²) in [5.74, 6) is 1.83. The van der Waals surface area contributed by atoms with E-state index in [0.29, 0.717) is 13.2 Å². The molecule has 4 aromatic carbocycles.